The molecule has 0 aromatic heterocycles. The van der Waals surface area contributed by atoms with Gasteiger partial charge in [0.2, 0.25) is 0 Å². The Morgan fingerprint density at radius 3 is 1.68 bits per heavy atom. The molecule has 0 aliphatic carbocycles. The van der Waals surface area contributed by atoms with E-state index in [9.17, 15) is 10.2 Å². The molecule has 0 amide bonds. The second-order valence-electron chi connectivity index (χ2n) is 8.63. The molecule has 150 valence electrons. The molecule has 0 saturated heterocycles. The van der Waals surface area contributed by atoms with Gasteiger partial charge in [-0.25, -0.2) is 0 Å². The molecule has 0 aliphatic rings. The molecule has 3 atom stereocenters. The van der Waals surface area contributed by atoms with Crippen LogP contribution in [0.2, 0.25) is 19.6 Å². The van der Waals surface area contributed by atoms with Gasteiger partial charge in [0.25, 0.3) is 0 Å². The van der Waals surface area contributed by atoms with Crippen LogP contribution < -0.4 is 5.73 Å². The first-order valence-electron chi connectivity index (χ1n) is 10.6. The molecule has 0 heterocycles. The lowest BCUT2D eigenvalue weighted by Crippen LogP contribution is -2.55. The van der Waals surface area contributed by atoms with Crippen molar-refractivity contribution in [2.45, 2.75) is 121 Å². The standard InChI is InChI=1S/C21H45NO2Si/c1-5-6-7-8-9-10-11-12-13-14-15-16-17-18-19(23)20(22)21(24)25(2,3)4/h17-21,23-24H,5-16,22H2,1-4H3/b18-17+/t19-,20-,21?/m1/s1. The normalized spacial score (nSPS) is 16.3. The van der Waals surface area contributed by atoms with E-state index in [1.54, 1.807) is 6.08 Å². The fourth-order valence-corrected chi connectivity index (χ4v) is 4.41. The number of hydrogen-bond donors (Lipinski definition) is 3. The summed E-state index contributed by atoms with van der Waals surface area (Å²) in [6.07, 6.45) is 18.9. The maximum atomic E-state index is 10.2. The highest BCUT2D eigenvalue weighted by molar-refractivity contribution is 6.77. The van der Waals surface area contributed by atoms with Crippen LogP contribution in [0.15, 0.2) is 12.2 Å². The number of hydrogen-bond acceptors (Lipinski definition) is 3. The molecule has 0 aromatic carbocycles. The molecule has 0 rings (SSSR count). The van der Waals surface area contributed by atoms with Gasteiger partial charge in [0.1, 0.15) is 0 Å². The van der Waals surface area contributed by atoms with Crippen molar-refractivity contribution in [2.24, 2.45) is 5.73 Å². The number of rotatable bonds is 16. The van der Waals surface area contributed by atoms with Gasteiger partial charge in [0, 0.05) is 0 Å². The molecule has 0 radical (unpaired) electrons. The van der Waals surface area contributed by atoms with Crippen molar-refractivity contribution in [2.75, 3.05) is 0 Å². The van der Waals surface area contributed by atoms with Crippen LogP contribution in [0.5, 0.6) is 0 Å². The van der Waals surface area contributed by atoms with Gasteiger partial charge < -0.3 is 15.9 Å². The number of aliphatic hydroxyl groups excluding tert-OH is 2. The van der Waals surface area contributed by atoms with Gasteiger partial charge in [-0.05, 0) is 12.8 Å². The molecular weight excluding hydrogens is 326 g/mol. The van der Waals surface area contributed by atoms with Gasteiger partial charge in [-0.15, -0.1) is 0 Å². The third kappa shape index (κ3) is 13.7. The highest BCUT2D eigenvalue weighted by Gasteiger charge is 2.32. The fourth-order valence-electron chi connectivity index (χ4n) is 3.05. The van der Waals surface area contributed by atoms with E-state index in [4.69, 9.17) is 5.73 Å². The Hall–Kier alpha value is -0.163. The highest BCUT2D eigenvalue weighted by Crippen LogP contribution is 2.14. The first-order chi connectivity index (χ1) is 11.8. The summed E-state index contributed by atoms with van der Waals surface area (Å²) in [5.41, 5.74) is 5.40. The van der Waals surface area contributed by atoms with Crippen LogP contribution in [0.25, 0.3) is 0 Å². The summed E-state index contributed by atoms with van der Waals surface area (Å²) in [6.45, 7) is 8.47. The first-order valence-corrected chi connectivity index (χ1v) is 14.2. The summed E-state index contributed by atoms with van der Waals surface area (Å²) in [5, 5.41) is 20.3. The largest absolute Gasteiger partial charge is 0.395 e. The van der Waals surface area contributed by atoms with E-state index in [1.165, 1.54) is 70.6 Å². The molecule has 0 saturated carbocycles. The summed E-state index contributed by atoms with van der Waals surface area (Å²) in [7, 11) is -1.74. The van der Waals surface area contributed by atoms with E-state index in [2.05, 4.69) is 26.6 Å². The van der Waals surface area contributed by atoms with Crippen molar-refractivity contribution in [3.05, 3.63) is 12.2 Å². The topological polar surface area (TPSA) is 66.5 Å². The van der Waals surface area contributed by atoms with Gasteiger partial charge in [-0.2, -0.15) is 0 Å². The zero-order chi connectivity index (χ0) is 19.1. The van der Waals surface area contributed by atoms with E-state index in [0.717, 1.165) is 6.42 Å². The molecule has 0 fully saturated rings. The summed E-state index contributed by atoms with van der Waals surface area (Å²) in [4.78, 5) is 0. The van der Waals surface area contributed by atoms with Crippen molar-refractivity contribution in [3.8, 4) is 0 Å². The Labute approximate surface area is 158 Å². The predicted octanol–water partition coefficient (Wildman–Crippen LogP) is 5.17. The van der Waals surface area contributed by atoms with Gasteiger partial charge in [0.15, 0.2) is 0 Å². The minimum atomic E-state index is -1.74. The zero-order valence-corrected chi connectivity index (χ0v) is 18.3. The predicted molar refractivity (Wildman–Crippen MR) is 114 cm³/mol. The van der Waals surface area contributed by atoms with Crippen molar-refractivity contribution < 1.29 is 10.2 Å². The summed E-state index contributed by atoms with van der Waals surface area (Å²) < 4.78 is 0. The van der Waals surface area contributed by atoms with E-state index >= 15 is 0 Å². The minimum absolute atomic E-state index is 0.569. The van der Waals surface area contributed by atoms with Crippen LogP contribution in [0.1, 0.15) is 84.0 Å². The van der Waals surface area contributed by atoms with Crippen LogP contribution in [-0.4, -0.2) is 36.2 Å². The van der Waals surface area contributed by atoms with Crippen molar-refractivity contribution in [1.82, 2.24) is 0 Å². The van der Waals surface area contributed by atoms with E-state index in [0.29, 0.717) is 0 Å². The average molecular weight is 372 g/mol. The number of nitrogens with two attached hydrogens (primary N) is 1. The molecule has 4 heteroatoms. The zero-order valence-electron chi connectivity index (χ0n) is 17.3. The lowest BCUT2D eigenvalue weighted by molar-refractivity contribution is 0.118. The molecule has 4 N–H and O–H groups in total. The van der Waals surface area contributed by atoms with Crippen LogP contribution >= 0.6 is 0 Å². The molecule has 0 spiro atoms. The van der Waals surface area contributed by atoms with E-state index in [1.807, 2.05) is 6.08 Å². The third-order valence-electron chi connectivity index (χ3n) is 4.95. The maximum absolute atomic E-state index is 10.2. The van der Waals surface area contributed by atoms with E-state index in [-0.39, 0.29) is 0 Å². The third-order valence-corrected chi connectivity index (χ3v) is 7.11. The molecule has 0 aromatic rings. The number of allylic oxidation sites excluding steroid dienone is 1. The van der Waals surface area contributed by atoms with Gasteiger partial charge >= 0.3 is 0 Å². The second-order valence-corrected chi connectivity index (χ2v) is 14.0. The average Bonchev–Trinajstić information content (AvgIpc) is 2.56. The molecule has 0 aliphatic heterocycles. The summed E-state index contributed by atoms with van der Waals surface area (Å²) >= 11 is 0. The van der Waals surface area contributed by atoms with Crippen molar-refractivity contribution >= 4 is 8.07 Å². The molecule has 25 heavy (non-hydrogen) atoms. The second kappa shape index (κ2) is 14.9. The van der Waals surface area contributed by atoms with Crippen molar-refractivity contribution in [1.29, 1.82) is 0 Å². The first kappa shape index (κ1) is 24.8. The van der Waals surface area contributed by atoms with Gasteiger partial charge in [-0.3, -0.25) is 0 Å². The SMILES string of the molecule is CCCCCCCCCCCCC/C=C/[C@@H](O)[C@@H](N)C(O)[Si](C)(C)C. The number of aliphatic hydroxyl groups is 2. The quantitative estimate of drug-likeness (QED) is 0.199. The van der Waals surface area contributed by atoms with Crippen molar-refractivity contribution in [3.63, 3.8) is 0 Å². The van der Waals surface area contributed by atoms with Crippen LogP contribution in [-0.2, 0) is 0 Å². The van der Waals surface area contributed by atoms with Crippen LogP contribution in [0.3, 0.4) is 0 Å². The number of unbranched alkanes of at least 4 members (excludes halogenated alkanes) is 11. The monoisotopic (exact) mass is 371 g/mol. The van der Waals surface area contributed by atoms with E-state index < -0.39 is 25.9 Å². The Bertz CT molecular complexity index is 328. The minimum Gasteiger partial charge on any atom is -0.395 e. The Kier molecular flexibility index (Phi) is 14.9. The van der Waals surface area contributed by atoms with Gasteiger partial charge in [0.05, 0.1) is 25.9 Å². The Morgan fingerprint density at radius 2 is 1.24 bits per heavy atom. The lowest BCUT2D eigenvalue weighted by atomic mass is 10.0. The smallest absolute Gasteiger partial charge is 0.0893 e. The van der Waals surface area contributed by atoms with Crippen LogP contribution in [0, 0.1) is 0 Å². The fraction of sp³-hybridized carbons (Fsp3) is 0.905. The summed E-state index contributed by atoms with van der Waals surface area (Å²) in [5.74, 6) is 0. The van der Waals surface area contributed by atoms with Crippen LogP contribution in [0.4, 0.5) is 0 Å². The molecule has 3 nitrogen and oxygen atoms in total. The lowest BCUT2D eigenvalue weighted by Gasteiger charge is -2.31. The maximum Gasteiger partial charge on any atom is 0.0893 e. The highest BCUT2D eigenvalue weighted by atomic mass is 28.3. The Morgan fingerprint density at radius 1 is 0.800 bits per heavy atom. The van der Waals surface area contributed by atoms with Gasteiger partial charge in [-0.1, -0.05) is 103 Å². The Balaban J connectivity index is 3.57. The molecule has 1 unspecified atom stereocenters. The summed E-state index contributed by atoms with van der Waals surface area (Å²) in [6, 6.07) is -0.569. The molecule has 0 bridgehead atoms. The molecular formula is C21H45NO2Si.